The number of amides is 2. The minimum absolute atomic E-state index is 0.0294. The van der Waals surface area contributed by atoms with E-state index in [1.54, 1.807) is 24.5 Å². The lowest BCUT2D eigenvalue weighted by molar-refractivity contribution is -0.119. The topological polar surface area (TPSA) is 71.1 Å². The summed E-state index contributed by atoms with van der Waals surface area (Å²) in [7, 11) is 0. The molecule has 6 heteroatoms. The zero-order valence-corrected chi connectivity index (χ0v) is 16.7. The first-order chi connectivity index (χ1) is 13.0. The Morgan fingerprint density at radius 2 is 2.04 bits per heavy atom. The fourth-order valence-electron chi connectivity index (χ4n) is 3.79. The second kappa shape index (κ2) is 9.13. The maximum Gasteiger partial charge on any atom is 0.252 e. The molecule has 144 valence electrons. The molecule has 0 radical (unpaired) electrons. The predicted octanol–water partition coefficient (Wildman–Crippen LogP) is 3.87. The number of pyridine rings is 1. The molecular weight excluding hydrogens is 358 g/mol. The molecule has 1 aliphatic carbocycles. The van der Waals surface area contributed by atoms with Crippen molar-refractivity contribution < 1.29 is 9.59 Å². The van der Waals surface area contributed by atoms with Crippen molar-refractivity contribution in [3.05, 3.63) is 52.0 Å². The quantitative estimate of drug-likeness (QED) is 0.793. The van der Waals surface area contributed by atoms with Crippen molar-refractivity contribution in [3.8, 4) is 0 Å². The Balaban J connectivity index is 1.68. The lowest BCUT2D eigenvalue weighted by atomic mass is 9.77. The van der Waals surface area contributed by atoms with E-state index in [1.165, 1.54) is 0 Å². The van der Waals surface area contributed by atoms with Crippen LogP contribution < -0.4 is 10.6 Å². The lowest BCUT2D eigenvalue weighted by Crippen LogP contribution is -2.37. The Morgan fingerprint density at radius 3 is 2.63 bits per heavy atom. The molecule has 3 rings (SSSR count). The van der Waals surface area contributed by atoms with E-state index >= 15 is 0 Å². The van der Waals surface area contributed by atoms with Gasteiger partial charge in [-0.15, -0.1) is 11.3 Å². The molecule has 2 heterocycles. The van der Waals surface area contributed by atoms with E-state index in [0.717, 1.165) is 48.4 Å². The second-order valence-electron chi connectivity index (χ2n) is 7.37. The van der Waals surface area contributed by atoms with Crippen LogP contribution in [0.5, 0.6) is 0 Å². The molecular formula is C21H27N3O2S. The van der Waals surface area contributed by atoms with Gasteiger partial charge in [-0.25, -0.2) is 0 Å². The third kappa shape index (κ3) is 5.39. The molecule has 1 fully saturated rings. The van der Waals surface area contributed by atoms with Gasteiger partial charge in [-0.3, -0.25) is 14.6 Å². The lowest BCUT2D eigenvalue weighted by Gasteiger charge is -2.34. The van der Waals surface area contributed by atoms with Gasteiger partial charge >= 0.3 is 0 Å². The monoisotopic (exact) mass is 385 g/mol. The van der Waals surface area contributed by atoms with Gasteiger partial charge in [0.05, 0.1) is 17.3 Å². The number of hydrogen-bond donors (Lipinski definition) is 2. The van der Waals surface area contributed by atoms with Crippen LogP contribution >= 0.6 is 11.3 Å². The fourth-order valence-corrected chi connectivity index (χ4v) is 4.48. The van der Waals surface area contributed by atoms with Gasteiger partial charge in [-0.1, -0.05) is 6.07 Å². The van der Waals surface area contributed by atoms with Gasteiger partial charge in [0, 0.05) is 29.9 Å². The zero-order valence-electron chi connectivity index (χ0n) is 15.9. The van der Waals surface area contributed by atoms with Gasteiger partial charge in [0.25, 0.3) is 5.91 Å². The Morgan fingerprint density at radius 1 is 1.26 bits per heavy atom. The smallest absolute Gasteiger partial charge is 0.252 e. The highest BCUT2D eigenvalue weighted by Crippen LogP contribution is 2.36. The summed E-state index contributed by atoms with van der Waals surface area (Å²) < 4.78 is 0. The number of carbonyl (C=O) groups is 2. The molecule has 0 bridgehead atoms. The van der Waals surface area contributed by atoms with E-state index in [-0.39, 0.29) is 17.9 Å². The third-order valence-corrected chi connectivity index (χ3v) is 6.15. The Labute approximate surface area is 164 Å². The fraction of sp³-hybridized carbons (Fsp3) is 0.476. The largest absolute Gasteiger partial charge is 0.356 e. The van der Waals surface area contributed by atoms with E-state index in [9.17, 15) is 9.59 Å². The highest BCUT2D eigenvalue weighted by molar-refractivity contribution is 7.10. The highest BCUT2D eigenvalue weighted by Gasteiger charge is 2.30. The molecule has 0 aromatic carbocycles. The van der Waals surface area contributed by atoms with Crippen molar-refractivity contribution in [1.29, 1.82) is 0 Å². The summed E-state index contributed by atoms with van der Waals surface area (Å²) in [6.45, 7) is 4.31. The molecule has 1 atom stereocenters. The van der Waals surface area contributed by atoms with Gasteiger partial charge in [0.2, 0.25) is 5.91 Å². The number of aryl methyl sites for hydroxylation is 1. The number of rotatable bonds is 6. The van der Waals surface area contributed by atoms with Crippen molar-refractivity contribution in [1.82, 2.24) is 15.6 Å². The summed E-state index contributed by atoms with van der Waals surface area (Å²) in [6, 6.07) is 7.71. The van der Waals surface area contributed by atoms with Crippen molar-refractivity contribution >= 4 is 23.2 Å². The van der Waals surface area contributed by atoms with Crippen LogP contribution in [0, 0.1) is 18.8 Å². The first-order valence-electron chi connectivity index (χ1n) is 9.54. The Hall–Kier alpha value is -2.21. The molecule has 5 nitrogen and oxygen atoms in total. The number of nitrogens with zero attached hydrogens (tertiary/aromatic N) is 1. The Kier molecular flexibility index (Phi) is 6.61. The standard InChI is InChI=1S/C21H27N3O2S/c1-14-11-18(13-27-14)21(26)24-20(19-5-3-4-10-22-19)17-8-6-16(7-9-17)12-23-15(2)25/h3-5,10-11,13,16-17,20H,6-9,12H2,1-2H3,(H,23,25)(H,24,26)/t16?,17?,20-/m0/s1. The molecule has 0 aliphatic heterocycles. The van der Waals surface area contributed by atoms with Crippen LogP contribution in [0.1, 0.15) is 59.6 Å². The summed E-state index contributed by atoms with van der Waals surface area (Å²) in [6.07, 6.45) is 5.94. The van der Waals surface area contributed by atoms with Crippen molar-refractivity contribution in [2.24, 2.45) is 11.8 Å². The molecule has 2 amide bonds. The van der Waals surface area contributed by atoms with Crippen LogP contribution in [-0.4, -0.2) is 23.3 Å². The SMILES string of the molecule is CC(=O)NCC1CCC([C@H](NC(=O)c2csc(C)c2)c2ccccn2)CC1. The average molecular weight is 386 g/mol. The minimum atomic E-state index is -0.0828. The molecule has 2 aromatic heterocycles. The molecule has 0 spiro atoms. The van der Waals surface area contributed by atoms with Crippen molar-refractivity contribution in [2.75, 3.05) is 6.54 Å². The number of aromatic nitrogens is 1. The van der Waals surface area contributed by atoms with Gasteiger partial charge in [-0.2, -0.15) is 0 Å². The van der Waals surface area contributed by atoms with Crippen LogP contribution in [0.15, 0.2) is 35.8 Å². The van der Waals surface area contributed by atoms with Crippen LogP contribution in [0.25, 0.3) is 0 Å². The van der Waals surface area contributed by atoms with Crippen LogP contribution in [-0.2, 0) is 4.79 Å². The molecule has 2 aromatic rings. The molecule has 0 saturated heterocycles. The number of hydrogen-bond acceptors (Lipinski definition) is 4. The number of carbonyl (C=O) groups excluding carboxylic acids is 2. The number of thiophene rings is 1. The summed E-state index contributed by atoms with van der Waals surface area (Å²) >= 11 is 1.59. The Bertz CT molecular complexity index is 767. The van der Waals surface area contributed by atoms with Crippen molar-refractivity contribution in [2.45, 2.75) is 45.6 Å². The first-order valence-corrected chi connectivity index (χ1v) is 10.4. The van der Waals surface area contributed by atoms with Crippen LogP contribution in [0.4, 0.5) is 0 Å². The maximum atomic E-state index is 12.7. The predicted molar refractivity (Wildman–Crippen MR) is 108 cm³/mol. The highest BCUT2D eigenvalue weighted by atomic mass is 32.1. The summed E-state index contributed by atoms with van der Waals surface area (Å²) in [5.41, 5.74) is 1.64. The van der Waals surface area contributed by atoms with E-state index in [4.69, 9.17) is 0 Å². The minimum Gasteiger partial charge on any atom is -0.356 e. The summed E-state index contributed by atoms with van der Waals surface area (Å²) in [4.78, 5) is 29.5. The van der Waals surface area contributed by atoms with Crippen LogP contribution in [0.2, 0.25) is 0 Å². The normalized spacial score (nSPS) is 20.7. The molecule has 27 heavy (non-hydrogen) atoms. The molecule has 1 saturated carbocycles. The second-order valence-corrected chi connectivity index (χ2v) is 8.49. The first kappa shape index (κ1) is 19.5. The molecule has 2 N–H and O–H groups in total. The summed E-state index contributed by atoms with van der Waals surface area (Å²) in [5, 5.41) is 8.07. The zero-order chi connectivity index (χ0) is 19.2. The van der Waals surface area contributed by atoms with Gasteiger partial charge in [0.15, 0.2) is 0 Å². The van der Waals surface area contributed by atoms with Gasteiger partial charge in [0.1, 0.15) is 0 Å². The van der Waals surface area contributed by atoms with Gasteiger partial charge < -0.3 is 10.6 Å². The maximum absolute atomic E-state index is 12.7. The van der Waals surface area contributed by atoms with E-state index in [0.29, 0.717) is 11.8 Å². The summed E-state index contributed by atoms with van der Waals surface area (Å²) in [5.74, 6) is 0.874. The van der Waals surface area contributed by atoms with Crippen LogP contribution in [0.3, 0.4) is 0 Å². The average Bonchev–Trinajstić information content (AvgIpc) is 3.12. The third-order valence-electron chi connectivity index (χ3n) is 5.29. The van der Waals surface area contributed by atoms with E-state index < -0.39 is 0 Å². The molecule has 0 unspecified atom stereocenters. The van der Waals surface area contributed by atoms with Gasteiger partial charge in [-0.05, 0) is 62.6 Å². The van der Waals surface area contributed by atoms with E-state index in [2.05, 4.69) is 15.6 Å². The number of nitrogens with one attached hydrogen (secondary N) is 2. The van der Waals surface area contributed by atoms with Crippen molar-refractivity contribution in [3.63, 3.8) is 0 Å². The van der Waals surface area contributed by atoms with E-state index in [1.807, 2.05) is 36.6 Å². The molecule has 1 aliphatic rings.